The van der Waals surface area contributed by atoms with Crippen molar-refractivity contribution in [2.45, 2.75) is 40.0 Å². The van der Waals surface area contributed by atoms with E-state index in [1.807, 2.05) is 82.3 Å². The summed E-state index contributed by atoms with van der Waals surface area (Å²) in [4.78, 5) is 0. The number of benzene rings is 4. The molecule has 334 valence electrons. The fourth-order valence-corrected chi connectivity index (χ4v) is 6.04. The Balaban J connectivity index is 0.000000404. The first-order chi connectivity index (χ1) is 29.7. The SMILES string of the molecule is C=C/C=C(C)/C=C(C)/C(=N\N)C(=C)[CH2-].C=C/C=C(C)/C=C(C)/C(=N\N)C(=C)[CH2-].FC(F)(F)c1ccc(Oc2nnc(-c3[c-]cccc3)c3cc4ccccc4cc23)cc1C(F)(F)F.[Ir+3]. The molecule has 7 nitrogen and oxygen atoms in total. The Morgan fingerprint density at radius 1 is 0.688 bits per heavy atom. The van der Waals surface area contributed by atoms with E-state index in [2.05, 4.69) is 66.6 Å². The molecule has 1 aromatic heterocycles. The summed E-state index contributed by atoms with van der Waals surface area (Å²) in [5.74, 6) is 9.87. The number of nitrogens with zero attached hydrogens (tertiary/aromatic N) is 4. The van der Waals surface area contributed by atoms with Crippen LogP contribution in [-0.2, 0) is 32.5 Å². The Morgan fingerprint density at radius 2 is 1.17 bits per heavy atom. The normalized spacial score (nSPS) is 12.8. The van der Waals surface area contributed by atoms with E-state index in [-0.39, 0.29) is 26.0 Å². The van der Waals surface area contributed by atoms with Crippen molar-refractivity contribution < 1.29 is 51.2 Å². The Hall–Kier alpha value is -6.89. The van der Waals surface area contributed by atoms with Crippen LogP contribution in [0.1, 0.15) is 38.8 Å². The molecule has 64 heavy (non-hydrogen) atoms. The Morgan fingerprint density at radius 3 is 1.59 bits per heavy atom. The van der Waals surface area contributed by atoms with Gasteiger partial charge in [0.15, 0.2) is 0 Å². The zero-order valence-electron chi connectivity index (χ0n) is 35.7. The Kier molecular flexibility index (Phi) is 20.0. The number of fused-ring (bicyclic) bond motifs is 2. The molecule has 0 aliphatic carbocycles. The minimum atomic E-state index is -5.23. The van der Waals surface area contributed by atoms with Gasteiger partial charge in [-0.3, -0.25) is 0 Å². The van der Waals surface area contributed by atoms with E-state index in [1.165, 1.54) is 0 Å². The average Bonchev–Trinajstić information content (AvgIpc) is 3.20. The van der Waals surface area contributed by atoms with Gasteiger partial charge in [0.05, 0.1) is 11.1 Å². The maximum Gasteiger partial charge on any atom is 3.00 e. The van der Waals surface area contributed by atoms with Gasteiger partial charge in [-0.2, -0.15) is 69.6 Å². The summed E-state index contributed by atoms with van der Waals surface area (Å²) < 4.78 is 85.1. The molecule has 4 N–H and O–H groups in total. The largest absolute Gasteiger partial charge is 3.00 e. The van der Waals surface area contributed by atoms with Gasteiger partial charge >= 0.3 is 32.5 Å². The van der Waals surface area contributed by atoms with Gasteiger partial charge in [0.1, 0.15) is 5.75 Å². The molecule has 4 aromatic carbocycles. The van der Waals surface area contributed by atoms with E-state index in [0.717, 1.165) is 39.1 Å². The number of nitrogens with two attached hydrogens (primary N) is 2. The Bertz CT molecular complexity index is 2610. The molecule has 5 rings (SSSR count). The van der Waals surface area contributed by atoms with E-state index in [1.54, 1.807) is 42.5 Å². The summed E-state index contributed by atoms with van der Waals surface area (Å²) in [5.41, 5.74) is 4.05. The van der Waals surface area contributed by atoms with Crippen molar-refractivity contribution in [3.63, 3.8) is 0 Å². The van der Waals surface area contributed by atoms with Crippen molar-refractivity contribution in [1.82, 2.24) is 10.2 Å². The number of halogens is 6. The molecular weight excluding hydrogens is 1010 g/mol. The third-order valence-corrected chi connectivity index (χ3v) is 8.72. The van der Waals surface area contributed by atoms with Crippen LogP contribution in [-0.4, -0.2) is 21.6 Å². The monoisotopic (exact) mass is 1050 g/mol. The van der Waals surface area contributed by atoms with Crippen molar-refractivity contribution in [2.75, 3.05) is 0 Å². The van der Waals surface area contributed by atoms with Crippen molar-refractivity contribution >= 4 is 33.0 Å². The smallest absolute Gasteiger partial charge is 0.437 e. The van der Waals surface area contributed by atoms with Crippen LogP contribution in [0.3, 0.4) is 0 Å². The maximum atomic E-state index is 13.4. The second-order valence-corrected chi connectivity index (χ2v) is 13.8. The van der Waals surface area contributed by atoms with Crippen LogP contribution >= 0.6 is 0 Å². The van der Waals surface area contributed by atoms with Crippen LogP contribution in [0.4, 0.5) is 26.3 Å². The maximum absolute atomic E-state index is 13.4. The molecule has 0 fully saturated rings. The van der Waals surface area contributed by atoms with E-state index in [4.69, 9.17) is 16.4 Å². The summed E-state index contributed by atoms with van der Waals surface area (Å²) in [6.45, 7) is 29.8. The van der Waals surface area contributed by atoms with Crippen molar-refractivity contribution in [1.29, 1.82) is 0 Å². The molecule has 0 radical (unpaired) electrons. The van der Waals surface area contributed by atoms with Gasteiger partial charge in [-0.15, -0.1) is 41.0 Å². The molecule has 0 aliphatic heterocycles. The van der Waals surface area contributed by atoms with E-state index < -0.39 is 29.2 Å². The number of ether oxygens (including phenoxy) is 1. The first kappa shape index (κ1) is 53.2. The molecular formula is C50H47F6IrN6O. The molecule has 0 amide bonds. The van der Waals surface area contributed by atoms with Gasteiger partial charge in [-0.25, -0.2) is 10.2 Å². The number of hydrogen-bond donors (Lipinski definition) is 2. The molecule has 14 heteroatoms. The molecule has 0 atom stereocenters. The molecule has 5 aromatic rings. The van der Waals surface area contributed by atoms with Crippen LogP contribution in [0, 0.1) is 19.9 Å². The molecule has 0 aliphatic rings. The summed E-state index contributed by atoms with van der Waals surface area (Å²) in [6.07, 6.45) is 0.791. The van der Waals surface area contributed by atoms with E-state index in [9.17, 15) is 26.3 Å². The summed E-state index contributed by atoms with van der Waals surface area (Å²) in [6, 6.07) is 22.6. The molecule has 0 unspecified atom stereocenters. The summed E-state index contributed by atoms with van der Waals surface area (Å²) in [5, 5.41) is 18.2. The van der Waals surface area contributed by atoms with E-state index >= 15 is 0 Å². The first-order valence-electron chi connectivity index (χ1n) is 18.8. The van der Waals surface area contributed by atoms with Crippen molar-refractivity contribution in [3.05, 3.63) is 206 Å². The number of rotatable bonds is 11. The fourth-order valence-electron chi connectivity index (χ4n) is 6.04. The van der Waals surface area contributed by atoms with Gasteiger partial charge in [-0.05, 0) is 79.5 Å². The third kappa shape index (κ3) is 14.9. The molecule has 0 spiro atoms. The number of allylic oxidation sites excluding steroid dienone is 12. The third-order valence-electron chi connectivity index (χ3n) is 8.72. The van der Waals surface area contributed by atoms with Crippen LogP contribution in [0.5, 0.6) is 11.6 Å². The number of alkyl halides is 6. The zero-order valence-corrected chi connectivity index (χ0v) is 38.1. The second kappa shape index (κ2) is 24.1. The topological polar surface area (TPSA) is 112 Å². The number of hydrogen-bond acceptors (Lipinski definition) is 7. The standard InChI is InChI=1S/C26H13F6N2O.2C12H17N2.Ir/c27-25(28,29)21-11-10-18(14-22(21)26(30,31)32)35-24-20-13-17-9-5-4-8-16(17)12-19(20)23(33-34-24)15-6-2-1-3-7-15;2*1-6-7-10(4)8-11(5)12(14-13)9(2)3;/h1-6,8-14H;2*6-8H,1-3,13H2,4-5H3;/q3*-1;+3/b;2*10-7+,11-8+,14-12-;. The van der Waals surface area contributed by atoms with E-state index in [0.29, 0.717) is 56.7 Å². The minimum absolute atomic E-state index is 0. The predicted molar refractivity (Wildman–Crippen MR) is 245 cm³/mol. The average molecular weight is 1050 g/mol. The fraction of sp³-hybridized carbons (Fsp3) is 0.120. The number of aromatic nitrogens is 2. The van der Waals surface area contributed by atoms with Gasteiger partial charge < -0.3 is 16.4 Å². The van der Waals surface area contributed by atoms with Crippen molar-refractivity contribution in [2.24, 2.45) is 21.9 Å². The second-order valence-electron chi connectivity index (χ2n) is 13.8. The molecule has 0 saturated carbocycles. The van der Waals surface area contributed by atoms with Gasteiger partial charge in [0.25, 0.3) is 0 Å². The summed E-state index contributed by atoms with van der Waals surface area (Å²) >= 11 is 0. The minimum Gasteiger partial charge on any atom is -0.437 e. The summed E-state index contributed by atoms with van der Waals surface area (Å²) in [7, 11) is 0. The van der Waals surface area contributed by atoms with Crippen molar-refractivity contribution in [3.8, 4) is 22.9 Å². The van der Waals surface area contributed by atoms with Crippen LogP contribution in [0.15, 0.2) is 185 Å². The molecule has 0 bridgehead atoms. The van der Waals surface area contributed by atoms with Gasteiger partial charge in [0.2, 0.25) is 5.88 Å². The van der Waals surface area contributed by atoms with Crippen LogP contribution in [0.25, 0.3) is 32.8 Å². The first-order valence-corrected chi connectivity index (χ1v) is 18.8. The van der Waals surface area contributed by atoms with Crippen LogP contribution in [0.2, 0.25) is 0 Å². The van der Waals surface area contributed by atoms with Gasteiger partial charge in [-0.1, -0.05) is 102 Å². The number of hydrazone groups is 2. The molecule has 0 saturated heterocycles. The molecule has 1 heterocycles. The van der Waals surface area contributed by atoms with Gasteiger partial charge in [0, 0.05) is 11.1 Å². The zero-order chi connectivity index (χ0) is 47.1. The predicted octanol–water partition coefficient (Wildman–Crippen LogP) is 13.6. The quantitative estimate of drug-likeness (QED) is 0.0260. The van der Waals surface area contributed by atoms with Crippen LogP contribution < -0.4 is 16.4 Å². The Labute approximate surface area is 383 Å².